The first-order valence-corrected chi connectivity index (χ1v) is 44.6. The van der Waals surface area contributed by atoms with Gasteiger partial charge in [-0.25, -0.2) is 18.1 Å². The molecule has 0 atom stereocenters. The summed E-state index contributed by atoms with van der Waals surface area (Å²) in [5.41, 5.74) is 10.6. The Hall–Kier alpha value is -5.73. The summed E-state index contributed by atoms with van der Waals surface area (Å²) in [4.78, 5) is 45.9. The second-order valence-corrected chi connectivity index (χ2v) is 29.0. The van der Waals surface area contributed by atoms with Gasteiger partial charge in [0.1, 0.15) is 5.84 Å². The lowest BCUT2D eigenvalue weighted by molar-refractivity contribution is -0.136. The summed E-state index contributed by atoms with van der Waals surface area (Å²) in [5, 5.41) is 12.3. The number of esters is 1. The van der Waals surface area contributed by atoms with Crippen molar-refractivity contribution in [1.29, 1.82) is 0 Å². The molecule has 1 saturated heterocycles. The molecule has 2 heterocycles. The van der Waals surface area contributed by atoms with Gasteiger partial charge in [0.25, 0.3) is 0 Å². The van der Waals surface area contributed by atoms with E-state index in [0.717, 1.165) is 46.8 Å². The number of aliphatic hydroxyl groups is 1. The van der Waals surface area contributed by atoms with Crippen molar-refractivity contribution in [3.63, 3.8) is 0 Å². The molecule has 0 aromatic heterocycles. The monoisotopic (exact) mass is 1840 g/mol. The summed E-state index contributed by atoms with van der Waals surface area (Å²) in [5.74, 6) is -9.02. The fourth-order valence-corrected chi connectivity index (χ4v) is 12.4. The molecule has 3 aromatic rings. The van der Waals surface area contributed by atoms with E-state index in [1.54, 1.807) is 11.9 Å². The molecule has 2 amide bonds. The van der Waals surface area contributed by atoms with Crippen LogP contribution in [0.1, 0.15) is 44.6 Å². The Morgan fingerprint density at radius 1 is 0.433 bits per heavy atom. The van der Waals surface area contributed by atoms with E-state index < -0.39 is 41.4 Å². The third-order valence-corrected chi connectivity index (χ3v) is 18.7. The number of aliphatic hydroxyl groups excluding tert-OH is 1. The number of nitrogens with zero attached hydrogens (tertiary/aromatic N) is 3. The fourth-order valence-electron chi connectivity index (χ4n) is 11.2. The number of hydrogen-bond acceptors (Lipinski definition) is 34. The molecule has 3 aromatic carbocycles. The quantitative estimate of drug-likeness (QED) is 0.0142. The second-order valence-electron chi connectivity index (χ2n) is 27.8. The Labute approximate surface area is 748 Å². The van der Waals surface area contributed by atoms with Crippen LogP contribution >= 0.6 is 11.9 Å². The zero-order chi connectivity index (χ0) is 90.4. The molecule has 4 N–H and O–H groups in total. The van der Waals surface area contributed by atoms with Crippen LogP contribution in [0.2, 0.25) is 0 Å². The molecule has 5 rings (SSSR count). The molecule has 127 heavy (non-hydrogen) atoms. The van der Waals surface area contributed by atoms with Gasteiger partial charge in [0.15, 0.2) is 11.6 Å². The lowest BCUT2D eigenvalue weighted by Crippen LogP contribution is -2.43. The van der Waals surface area contributed by atoms with Gasteiger partial charge >= 0.3 is 5.97 Å². The van der Waals surface area contributed by atoms with Crippen molar-refractivity contribution in [2.75, 3.05) is 370 Å². The third-order valence-electron chi connectivity index (χ3n) is 17.7. The van der Waals surface area contributed by atoms with Crippen LogP contribution in [0.15, 0.2) is 64.0 Å². The molecule has 0 bridgehead atoms. The Morgan fingerprint density at radius 3 is 1.09 bits per heavy atom. The van der Waals surface area contributed by atoms with Crippen LogP contribution in [0, 0.1) is 29.2 Å². The van der Waals surface area contributed by atoms with E-state index in [4.69, 9.17) is 129 Å². The third kappa shape index (κ3) is 58.7. The molecule has 0 unspecified atom stereocenters. The standard InChI is InChI=1S/C87H139F4N5O30S/c1-2-12-95(87(100)76-64-75-8-7-74(66-80(75)94-81(92)67-76)73-5-3-6-77(65-73)127-96-69-72(70-96)71-97)13-4-11-93-82(98)9-14-101-16-18-103-20-22-105-24-26-107-28-30-109-32-34-111-36-38-113-40-42-115-44-46-117-48-50-119-52-54-121-56-58-123-60-62-125-63-61-124-59-57-122-55-53-120-51-49-118-47-45-116-43-41-114-39-37-112-35-33-110-31-29-108-27-25-106-23-21-104-19-17-102-15-10-83(99)126-86-84(90)78(88)68-79(89)85(86)91/h3,5-8,64-66,68,72,97H,2,4,9-63,67,69-71H2,1H3,(H2,92,94)(H,93,98). The molecule has 0 saturated carbocycles. The van der Waals surface area contributed by atoms with Gasteiger partial charge in [-0.1, -0.05) is 31.2 Å². The molecular weight excluding hydrogens is 1700 g/mol. The van der Waals surface area contributed by atoms with Gasteiger partial charge in [-0.15, -0.1) is 0 Å². The predicted molar refractivity (Wildman–Crippen MR) is 460 cm³/mol. The van der Waals surface area contributed by atoms with E-state index in [9.17, 15) is 37.1 Å². The molecule has 0 radical (unpaired) electrons. The SMILES string of the molecule is CCCN(CCCNC(=O)CCOCCOCCOCCOCCOCCOCCOCCOCCOCCOCCOCCOCCOCCOCCOCCOCCOCCOCCOCCOCCOCCOCCOCCOCCOCCC(=O)Oc1c(F)c(F)cc(F)c1F)C(=O)C1=Cc2ccc(-c3cccc(SN4CC(CO)C4)c3)cc2N=C(N)C1. The normalized spacial score (nSPS) is 13.0. The Balaban J connectivity index is 0.618. The topological polar surface area (TPSA) is 368 Å². The van der Waals surface area contributed by atoms with Gasteiger partial charge < -0.3 is 144 Å². The molecule has 2 aliphatic heterocycles. The first kappa shape index (κ1) is 112. The van der Waals surface area contributed by atoms with E-state index in [-0.39, 0.29) is 70.4 Å². The molecule has 726 valence electrons. The van der Waals surface area contributed by atoms with Crippen molar-refractivity contribution < 1.29 is 160 Å². The molecule has 0 spiro atoms. The Morgan fingerprint density at radius 2 is 0.756 bits per heavy atom. The number of halogens is 4. The highest BCUT2D eigenvalue weighted by Crippen LogP contribution is 2.36. The Kier molecular flexibility index (Phi) is 69.4. The van der Waals surface area contributed by atoms with Crippen LogP contribution in [0.4, 0.5) is 23.2 Å². The first-order valence-electron chi connectivity index (χ1n) is 43.8. The number of carbonyl (C=O) groups excluding carboxylic acids is 3. The summed E-state index contributed by atoms with van der Waals surface area (Å²) >= 11 is 1.70. The largest absolute Gasteiger partial charge is 0.420 e. The van der Waals surface area contributed by atoms with Crippen molar-refractivity contribution in [1.82, 2.24) is 14.5 Å². The summed E-state index contributed by atoms with van der Waals surface area (Å²) in [6, 6.07) is 14.4. The number of carbonyl (C=O) groups is 3. The predicted octanol–water partition coefficient (Wildman–Crippen LogP) is 6.16. The maximum Gasteiger partial charge on any atom is 0.313 e. The number of ether oxygens (including phenoxy) is 26. The highest BCUT2D eigenvalue weighted by atomic mass is 32.2. The highest BCUT2D eigenvalue weighted by Gasteiger charge is 2.28. The van der Waals surface area contributed by atoms with Crippen LogP contribution in [-0.4, -0.2) is 408 Å². The fraction of sp³-hybridized carbons (Fsp3) is 0.724. The summed E-state index contributed by atoms with van der Waals surface area (Å²) in [6.07, 6.45) is 3.34. The van der Waals surface area contributed by atoms with Crippen LogP contribution in [0.3, 0.4) is 0 Å². The number of amides is 2. The van der Waals surface area contributed by atoms with Crippen LogP contribution in [-0.2, 0) is 133 Å². The molecule has 40 heteroatoms. The van der Waals surface area contributed by atoms with Crippen LogP contribution in [0.25, 0.3) is 17.2 Å². The van der Waals surface area contributed by atoms with E-state index in [1.807, 2.05) is 42.2 Å². The lowest BCUT2D eigenvalue weighted by atomic mass is 10.0. The van der Waals surface area contributed by atoms with Gasteiger partial charge in [0.2, 0.25) is 29.2 Å². The van der Waals surface area contributed by atoms with Gasteiger partial charge in [0.05, 0.1) is 342 Å². The van der Waals surface area contributed by atoms with Crippen molar-refractivity contribution in [3.8, 4) is 16.9 Å². The van der Waals surface area contributed by atoms with Crippen molar-refractivity contribution >= 4 is 47.3 Å². The van der Waals surface area contributed by atoms with Gasteiger partial charge in [-0.2, -0.15) is 8.78 Å². The molecule has 35 nitrogen and oxygen atoms in total. The van der Waals surface area contributed by atoms with E-state index in [0.29, 0.717) is 341 Å². The molecule has 1 fully saturated rings. The Bertz CT molecular complexity index is 3270. The van der Waals surface area contributed by atoms with E-state index in [1.165, 1.54) is 0 Å². The number of fused-ring (bicyclic) bond motifs is 1. The van der Waals surface area contributed by atoms with E-state index in [2.05, 4.69) is 32.6 Å². The number of amidine groups is 1. The highest BCUT2D eigenvalue weighted by molar-refractivity contribution is 7.97. The van der Waals surface area contributed by atoms with E-state index >= 15 is 0 Å². The number of benzene rings is 3. The summed E-state index contributed by atoms with van der Waals surface area (Å²) in [7, 11) is 0. The lowest BCUT2D eigenvalue weighted by Gasteiger charge is -2.36. The van der Waals surface area contributed by atoms with Gasteiger partial charge in [-0.05, 0) is 60.2 Å². The smallest absolute Gasteiger partial charge is 0.313 e. The number of aliphatic imine (C=N–C) groups is 1. The second kappa shape index (κ2) is 78.9. The summed E-state index contributed by atoms with van der Waals surface area (Å²) < 4.78 is 198. The molecular formula is C87H139F4N5O30S. The van der Waals surface area contributed by atoms with Crippen LogP contribution in [0.5, 0.6) is 5.75 Å². The van der Waals surface area contributed by atoms with Gasteiger partial charge in [0, 0.05) is 80.2 Å². The zero-order valence-corrected chi connectivity index (χ0v) is 74.8. The van der Waals surface area contributed by atoms with Crippen LogP contribution < -0.4 is 15.8 Å². The minimum absolute atomic E-state index is 0.0154. The zero-order valence-electron chi connectivity index (χ0n) is 74.0. The van der Waals surface area contributed by atoms with Crippen molar-refractivity contribution in [3.05, 3.63) is 82.9 Å². The minimum atomic E-state index is -1.80. The number of hydrogen-bond donors (Lipinski definition) is 3. The van der Waals surface area contributed by atoms with Gasteiger partial charge in [-0.3, -0.25) is 14.4 Å². The first-order chi connectivity index (χ1) is 62.4. The maximum absolute atomic E-state index is 13.9. The number of nitrogens with one attached hydrogen (secondary N) is 1. The average molecular weight is 1840 g/mol. The average Bonchev–Trinajstić information content (AvgIpc) is 1.80. The number of nitrogens with two attached hydrogens (primary N) is 1. The molecule has 2 aliphatic rings. The minimum Gasteiger partial charge on any atom is -0.420 e. The summed E-state index contributed by atoms with van der Waals surface area (Å²) in [6.45, 7) is 25.8. The molecule has 0 aliphatic carbocycles. The van der Waals surface area contributed by atoms with Crippen molar-refractivity contribution in [2.45, 2.75) is 43.9 Å². The van der Waals surface area contributed by atoms with Crippen molar-refractivity contribution in [2.24, 2.45) is 16.6 Å². The maximum atomic E-state index is 13.9. The number of rotatable bonds is 90.